The van der Waals surface area contributed by atoms with Crippen LogP contribution in [0.25, 0.3) is 16.8 Å². The molecule has 0 atom stereocenters. The van der Waals surface area contributed by atoms with Gasteiger partial charge in [-0.25, -0.2) is 18.1 Å². The van der Waals surface area contributed by atoms with E-state index in [1.165, 1.54) is 17.9 Å². The number of hydrogen-bond donors (Lipinski definition) is 1. The summed E-state index contributed by atoms with van der Waals surface area (Å²) in [4.78, 5) is 43.6. The predicted octanol–water partition coefficient (Wildman–Crippen LogP) is 4.09. The number of benzene rings is 1. The number of aromatic nitrogens is 3. The molecule has 2 aliphatic rings. The first-order valence-corrected chi connectivity index (χ1v) is 12.0. The van der Waals surface area contributed by atoms with Gasteiger partial charge in [0.05, 0.1) is 22.9 Å². The number of aromatic amines is 1. The van der Waals surface area contributed by atoms with Gasteiger partial charge in [-0.2, -0.15) is 18.4 Å². The molecule has 1 saturated heterocycles. The lowest BCUT2D eigenvalue weighted by Gasteiger charge is -2.59. The van der Waals surface area contributed by atoms with Crippen molar-refractivity contribution < 1.29 is 22.0 Å². The van der Waals surface area contributed by atoms with E-state index in [2.05, 4.69) is 4.98 Å². The molecule has 14 heteroatoms. The van der Waals surface area contributed by atoms with E-state index in [9.17, 15) is 41.6 Å². The Morgan fingerprint density at radius 1 is 1.08 bits per heavy atom. The van der Waals surface area contributed by atoms with E-state index in [-0.39, 0.29) is 35.2 Å². The van der Waals surface area contributed by atoms with Crippen molar-refractivity contribution in [3.63, 3.8) is 0 Å². The van der Waals surface area contributed by atoms with Crippen molar-refractivity contribution in [1.29, 1.82) is 5.26 Å². The summed E-state index contributed by atoms with van der Waals surface area (Å²) in [6, 6.07) is 6.55. The molecule has 204 valence electrons. The van der Waals surface area contributed by atoms with E-state index >= 15 is 0 Å². The lowest BCUT2D eigenvalue weighted by Crippen LogP contribution is -2.67. The van der Waals surface area contributed by atoms with Crippen LogP contribution in [0.3, 0.4) is 0 Å². The van der Waals surface area contributed by atoms with Gasteiger partial charge in [-0.1, -0.05) is 11.6 Å². The molecule has 8 nitrogen and oxygen atoms in total. The third-order valence-electron chi connectivity index (χ3n) is 6.90. The maximum atomic E-state index is 13.9. The van der Waals surface area contributed by atoms with Gasteiger partial charge in [-0.3, -0.25) is 14.2 Å². The molecule has 1 aliphatic carbocycles. The van der Waals surface area contributed by atoms with Crippen LogP contribution in [0.5, 0.6) is 0 Å². The van der Waals surface area contributed by atoms with Gasteiger partial charge in [0.25, 0.3) is 5.56 Å². The molecule has 39 heavy (non-hydrogen) atoms. The van der Waals surface area contributed by atoms with Crippen LogP contribution in [0.1, 0.15) is 24.1 Å². The van der Waals surface area contributed by atoms with Crippen molar-refractivity contribution in [1.82, 2.24) is 14.1 Å². The van der Waals surface area contributed by atoms with Crippen molar-refractivity contribution in [2.24, 2.45) is 5.41 Å². The van der Waals surface area contributed by atoms with Crippen LogP contribution in [-0.4, -0.2) is 33.1 Å². The number of pyridine rings is 1. The van der Waals surface area contributed by atoms with Gasteiger partial charge >= 0.3 is 11.9 Å². The molecule has 2 aromatic heterocycles. The van der Waals surface area contributed by atoms with Crippen LogP contribution in [0.2, 0.25) is 5.02 Å². The second-order valence-corrected chi connectivity index (χ2v) is 10.5. The normalized spacial score (nSPS) is 17.4. The monoisotopic (exact) mass is 567 g/mol. The summed E-state index contributed by atoms with van der Waals surface area (Å²) in [5.74, 6) is -3.03. The second-order valence-electron chi connectivity index (χ2n) is 10.0. The zero-order chi connectivity index (χ0) is 28.5. The molecular formula is C25H19ClF5N5O3. The number of nitriles is 1. The van der Waals surface area contributed by atoms with Crippen LogP contribution in [0.4, 0.5) is 27.8 Å². The zero-order valence-electron chi connectivity index (χ0n) is 20.2. The molecule has 5 rings (SSSR count). The molecular weight excluding hydrogens is 549 g/mol. The summed E-state index contributed by atoms with van der Waals surface area (Å²) in [7, 11) is 0. The van der Waals surface area contributed by atoms with Crippen LogP contribution >= 0.6 is 11.6 Å². The fourth-order valence-electron chi connectivity index (χ4n) is 5.54. The topological polar surface area (TPSA) is 104 Å². The van der Waals surface area contributed by atoms with E-state index in [4.69, 9.17) is 11.6 Å². The Morgan fingerprint density at radius 2 is 1.74 bits per heavy atom. The summed E-state index contributed by atoms with van der Waals surface area (Å²) >= 11 is 6.00. The Kier molecular flexibility index (Phi) is 6.02. The Bertz CT molecular complexity index is 1720. The highest BCUT2D eigenvalue weighted by atomic mass is 35.5. The van der Waals surface area contributed by atoms with Crippen LogP contribution in [0, 0.1) is 23.7 Å². The van der Waals surface area contributed by atoms with Gasteiger partial charge in [-0.05, 0) is 36.8 Å². The molecule has 1 spiro atoms. The second kappa shape index (κ2) is 8.81. The minimum atomic E-state index is -4.83. The largest absolute Gasteiger partial charge is 0.416 e. The Labute approximate surface area is 221 Å². The highest BCUT2D eigenvalue weighted by Gasteiger charge is 2.62. The minimum Gasteiger partial charge on any atom is -0.356 e. The van der Waals surface area contributed by atoms with E-state index in [0.717, 1.165) is 16.7 Å². The summed E-state index contributed by atoms with van der Waals surface area (Å²) < 4.78 is 69.8. The predicted molar refractivity (Wildman–Crippen MR) is 132 cm³/mol. The molecule has 0 unspecified atom stereocenters. The lowest BCUT2D eigenvalue weighted by molar-refractivity contribution is -0.170. The van der Waals surface area contributed by atoms with Crippen LogP contribution in [0.15, 0.2) is 44.7 Å². The first-order valence-electron chi connectivity index (χ1n) is 11.6. The zero-order valence-corrected chi connectivity index (χ0v) is 21.0. The van der Waals surface area contributed by atoms with Crippen LogP contribution in [-0.2, 0) is 12.7 Å². The number of hydrogen-bond acceptors (Lipinski definition) is 5. The van der Waals surface area contributed by atoms with Gasteiger partial charge in [-0.15, -0.1) is 0 Å². The minimum absolute atomic E-state index is 0.000713. The third kappa shape index (κ3) is 4.63. The number of aryl methyl sites for hydroxylation is 1. The molecule has 3 heterocycles. The molecule has 2 fully saturated rings. The number of anilines is 1. The summed E-state index contributed by atoms with van der Waals surface area (Å²) in [6.45, 7) is 0.886. The van der Waals surface area contributed by atoms with Crippen LogP contribution < -0.4 is 21.7 Å². The van der Waals surface area contributed by atoms with E-state index in [1.807, 2.05) is 0 Å². The molecule has 0 bridgehead atoms. The highest BCUT2D eigenvalue weighted by Crippen LogP contribution is 2.57. The average Bonchev–Trinajstić information content (AvgIpc) is 2.76. The van der Waals surface area contributed by atoms with E-state index < -0.39 is 64.8 Å². The first-order chi connectivity index (χ1) is 18.1. The van der Waals surface area contributed by atoms with E-state index in [1.54, 1.807) is 6.07 Å². The van der Waals surface area contributed by atoms with E-state index in [0.29, 0.717) is 22.4 Å². The highest BCUT2D eigenvalue weighted by molar-refractivity contribution is 6.31. The number of rotatable bonds is 4. The molecule has 1 aromatic carbocycles. The summed E-state index contributed by atoms with van der Waals surface area (Å²) in [5, 5.41) is 9.16. The molecule has 0 radical (unpaired) electrons. The molecule has 3 aromatic rings. The number of alkyl halides is 5. The number of nitrogens with one attached hydrogen (secondary N) is 1. The van der Waals surface area contributed by atoms with Crippen molar-refractivity contribution in [2.75, 3.05) is 18.0 Å². The quantitative estimate of drug-likeness (QED) is 0.478. The molecule has 1 aliphatic heterocycles. The fourth-order valence-corrected chi connectivity index (χ4v) is 5.77. The average molecular weight is 568 g/mol. The Balaban J connectivity index is 1.82. The first kappa shape index (κ1) is 26.7. The molecule has 1 N–H and O–H groups in total. The van der Waals surface area contributed by atoms with Gasteiger partial charge < -0.3 is 9.88 Å². The number of halogens is 6. The number of nitrogens with zero attached hydrogens (tertiary/aromatic N) is 4. The van der Waals surface area contributed by atoms with Crippen molar-refractivity contribution in [3.05, 3.63) is 77.8 Å². The Hall–Kier alpha value is -3.92. The van der Waals surface area contributed by atoms with Gasteiger partial charge in [0.15, 0.2) is 0 Å². The smallest absolute Gasteiger partial charge is 0.356 e. The SMILES string of the molecule is Cc1cc(-n2c(=O)c(-c3cc(Cl)cc(C(F)(F)F)c3)c(N3CC4(C3)CC(F)(F)C4)n(CC#N)c2=O)cc(=O)[nH]1. The maximum absolute atomic E-state index is 13.9. The van der Waals surface area contributed by atoms with Gasteiger partial charge in [0.1, 0.15) is 12.4 Å². The van der Waals surface area contributed by atoms with Crippen molar-refractivity contribution in [3.8, 4) is 22.9 Å². The summed E-state index contributed by atoms with van der Waals surface area (Å²) in [6.07, 6.45) is -5.65. The molecule has 0 amide bonds. The lowest BCUT2D eigenvalue weighted by atomic mass is 9.61. The third-order valence-corrected chi connectivity index (χ3v) is 7.12. The molecule has 1 saturated carbocycles. The Morgan fingerprint density at radius 3 is 2.31 bits per heavy atom. The standard InChI is InChI=1S/C25H19ClF5N5O3/c1-13-4-17(8-18(37)33-13)36-21(38)19(14-5-15(25(29,30)31)7-16(26)6-14)20(35(3-2-32)22(36)39)34-11-23(12-34)9-24(27,28)10-23/h4-8H,3,9-12H2,1H3,(H,33,37). The van der Waals surface area contributed by atoms with Crippen molar-refractivity contribution >= 4 is 17.4 Å². The maximum Gasteiger partial charge on any atom is 0.416 e. The van der Waals surface area contributed by atoms with Gasteiger partial charge in [0, 0.05) is 48.1 Å². The summed E-state index contributed by atoms with van der Waals surface area (Å²) in [5.41, 5.74) is -5.24. The van der Waals surface area contributed by atoms with Crippen molar-refractivity contribution in [2.45, 2.75) is 38.4 Å². The van der Waals surface area contributed by atoms with Gasteiger partial charge in [0.2, 0.25) is 11.5 Å². The fraction of sp³-hybridized carbons (Fsp3) is 0.360. The number of H-pyrrole nitrogens is 1.